The van der Waals surface area contributed by atoms with Gasteiger partial charge in [-0.05, 0) is 58.4 Å². The zero-order valence-corrected chi connectivity index (χ0v) is 14.1. The number of nitrogens with one attached hydrogen (secondary N) is 1. The van der Waals surface area contributed by atoms with E-state index in [1.54, 1.807) is 0 Å². The highest BCUT2D eigenvalue weighted by Gasteiger charge is 2.12. The molecule has 0 fully saturated rings. The van der Waals surface area contributed by atoms with E-state index < -0.39 is 0 Å². The van der Waals surface area contributed by atoms with Gasteiger partial charge in [0, 0.05) is 36.4 Å². The van der Waals surface area contributed by atoms with E-state index >= 15 is 0 Å². The van der Waals surface area contributed by atoms with E-state index in [1.807, 2.05) is 19.1 Å². The minimum Gasteiger partial charge on any atom is -0.389 e. The summed E-state index contributed by atoms with van der Waals surface area (Å²) in [4.78, 5) is 2.93. The first-order valence-electron chi connectivity index (χ1n) is 7.23. The monoisotopic (exact) mass is 293 g/mol. The number of hydrogen-bond donors (Lipinski definition) is 2. The van der Waals surface area contributed by atoms with Crippen molar-refractivity contribution in [2.45, 2.75) is 46.7 Å². The van der Waals surface area contributed by atoms with Gasteiger partial charge in [-0.25, -0.2) is 0 Å². The average molecular weight is 293 g/mol. The second-order valence-corrected chi connectivity index (χ2v) is 6.19. The van der Waals surface area contributed by atoms with E-state index in [2.05, 4.69) is 44.0 Å². The smallest absolute Gasteiger partial charge is 0.104 e. The van der Waals surface area contributed by atoms with Gasteiger partial charge in [0.2, 0.25) is 0 Å². The molecule has 0 bridgehead atoms. The van der Waals surface area contributed by atoms with E-state index in [0.29, 0.717) is 17.1 Å². The molecule has 0 unspecified atom stereocenters. The van der Waals surface area contributed by atoms with Gasteiger partial charge in [0.1, 0.15) is 4.99 Å². The molecule has 0 heterocycles. The lowest BCUT2D eigenvalue weighted by molar-refractivity contribution is 0.182. The molecule has 4 heteroatoms. The van der Waals surface area contributed by atoms with Crippen molar-refractivity contribution in [3.8, 4) is 0 Å². The summed E-state index contributed by atoms with van der Waals surface area (Å²) >= 11 is 5.02. The van der Waals surface area contributed by atoms with Crippen LogP contribution in [0.3, 0.4) is 0 Å². The lowest BCUT2D eigenvalue weighted by atomic mass is 10.1. The number of aryl methyl sites for hydroxylation is 1. The third-order valence-corrected chi connectivity index (χ3v) is 3.74. The second-order valence-electron chi connectivity index (χ2n) is 5.75. The van der Waals surface area contributed by atoms with Crippen LogP contribution in [0.4, 0.5) is 5.69 Å². The summed E-state index contributed by atoms with van der Waals surface area (Å²) in [7, 11) is 0. The molecule has 0 radical (unpaired) electrons. The van der Waals surface area contributed by atoms with Crippen LogP contribution in [-0.2, 0) is 0 Å². The molecule has 0 aliphatic rings. The summed E-state index contributed by atoms with van der Waals surface area (Å²) in [5.74, 6) is 0. The molecule has 20 heavy (non-hydrogen) atoms. The number of benzene rings is 1. The van der Waals surface area contributed by atoms with Gasteiger partial charge < -0.3 is 11.1 Å². The standard InChI is InChI=1S/C16H27N3S/c1-11(2)19(12(3)4)9-8-18-14-6-7-15(16(17)20)13(5)10-14/h6-7,10-12,18H,8-9H2,1-5H3,(H2,17,20). The number of nitrogens with two attached hydrogens (primary N) is 1. The third kappa shape index (κ3) is 4.76. The molecule has 1 aromatic carbocycles. The van der Waals surface area contributed by atoms with Gasteiger partial charge in [0.05, 0.1) is 0 Å². The highest BCUT2D eigenvalue weighted by molar-refractivity contribution is 7.80. The predicted octanol–water partition coefficient (Wildman–Crippen LogP) is 3.16. The summed E-state index contributed by atoms with van der Waals surface area (Å²) in [6, 6.07) is 7.26. The first-order valence-corrected chi connectivity index (χ1v) is 7.63. The van der Waals surface area contributed by atoms with E-state index in [4.69, 9.17) is 18.0 Å². The van der Waals surface area contributed by atoms with Crippen molar-refractivity contribution >= 4 is 22.9 Å². The number of thiocarbonyl (C=S) groups is 1. The van der Waals surface area contributed by atoms with Gasteiger partial charge in [-0.15, -0.1) is 0 Å². The lowest BCUT2D eigenvalue weighted by Crippen LogP contribution is -2.40. The van der Waals surface area contributed by atoms with Gasteiger partial charge >= 0.3 is 0 Å². The molecule has 0 aliphatic carbocycles. The molecule has 0 saturated heterocycles. The molecular weight excluding hydrogens is 266 g/mol. The summed E-state index contributed by atoms with van der Waals surface area (Å²) in [5.41, 5.74) is 8.87. The predicted molar refractivity (Wildman–Crippen MR) is 92.5 cm³/mol. The van der Waals surface area contributed by atoms with Crippen LogP contribution in [0.2, 0.25) is 0 Å². The van der Waals surface area contributed by atoms with Crippen LogP contribution in [-0.4, -0.2) is 35.1 Å². The van der Waals surface area contributed by atoms with E-state index in [9.17, 15) is 0 Å². The Labute approximate surface area is 128 Å². The molecule has 0 saturated carbocycles. The van der Waals surface area contributed by atoms with Crippen LogP contribution in [0, 0.1) is 6.92 Å². The molecule has 1 rings (SSSR count). The number of anilines is 1. The molecule has 3 nitrogen and oxygen atoms in total. The number of nitrogens with zero attached hydrogens (tertiary/aromatic N) is 1. The van der Waals surface area contributed by atoms with E-state index in [0.717, 1.165) is 29.9 Å². The van der Waals surface area contributed by atoms with Gasteiger partial charge in [0.15, 0.2) is 0 Å². The van der Waals surface area contributed by atoms with Crippen LogP contribution >= 0.6 is 12.2 Å². The van der Waals surface area contributed by atoms with Crippen molar-refractivity contribution < 1.29 is 0 Å². The summed E-state index contributed by atoms with van der Waals surface area (Å²) in [6.07, 6.45) is 0. The normalized spacial score (nSPS) is 11.4. The van der Waals surface area contributed by atoms with E-state index in [-0.39, 0.29) is 0 Å². The average Bonchev–Trinajstić information content (AvgIpc) is 2.33. The van der Waals surface area contributed by atoms with Crippen molar-refractivity contribution in [1.82, 2.24) is 4.90 Å². The molecule has 112 valence electrons. The number of rotatable bonds is 7. The Hall–Kier alpha value is -1.13. The molecule has 0 aromatic heterocycles. The minimum absolute atomic E-state index is 0.458. The third-order valence-electron chi connectivity index (χ3n) is 3.52. The van der Waals surface area contributed by atoms with Gasteiger partial charge in [-0.1, -0.05) is 12.2 Å². The Bertz CT molecular complexity index is 447. The van der Waals surface area contributed by atoms with Crippen LogP contribution in [0.25, 0.3) is 0 Å². The van der Waals surface area contributed by atoms with Crippen molar-refractivity contribution in [2.75, 3.05) is 18.4 Å². The fraction of sp³-hybridized carbons (Fsp3) is 0.562. The van der Waals surface area contributed by atoms with Crippen molar-refractivity contribution in [2.24, 2.45) is 5.73 Å². The number of hydrogen-bond acceptors (Lipinski definition) is 3. The fourth-order valence-corrected chi connectivity index (χ4v) is 2.72. The Morgan fingerprint density at radius 3 is 2.30 bits per heavy atom. The van der Waals surface area contributed by atoms with Gasteiger partial charge in [-0.2, -0.15) is 0 Å². The fourth-order valence-electron chi connectivity index (χ4n) is 2.49. The maximum absolute atomic E-state index is 5.68. The maximum atomic E-state index is 5.68. The van der Waals surface area contributed by atoms with Gasteiger partial charge in [0.25, 0.3) is 0 Å². The topological polar surface area (TPSA) is 41.3 Å². The Kier molecular flexibility index (Phi) is 6.43. The maximum Gasteiger partial charge on any atom is 0.104 e. The molecule has 0 atom stereocenters. The van der Waals surface area contributed by atoms with Crippen LogP contribution in [0.5, 0.6) is 0 Å². The largest absolute Gasteiger partial charge is 0.389 e. The molecule has 1 aromatic rings. The van der Waals surface area contributed by atoms with E-state index in [1.165, 1.54) is 0 Å². The van der Waals surface area contributed by atoms with Crippen molar-refractivity contribution in [3.05, 3.63) is 29.3 Å². The molecule has 0 spiro atoms. The summed E-state index contributed by atoms with van der Waals surface area (Å²) < 4.78 is 0. The van der Waals surface area contributed by atoms with Crippen molar-refractivity contribution in [3.63, 3.8) is 0 Å². The Morgan fingerprint density at radius 2 is 1.85 bits per heavy atom. The van der Waals surface area contributed by atoms with Crippen LogP contribution in [0.15, 0.2) is 18.2 Å². The summed E-state index contributed by atoms with van der Waals surface area (Å²) in [6.45, 7) is 13.0. The van der Waals surface area contributed by atoms with Crippen LogP contribution < -0.4 is 11.1 Å². The molecule has 0 aliphatic heterocycles. The molecule has 3 N–H and O–H groups in total. The zero-order chi connectivity index (χ0) is 15.3. The van der Waals surface area contributed by atoms with Gasteiger partial charge in [-0.3, -0.25) is 4.90 Å². The minimum atomic E-state index is 0.458. The Morgan fingerprint density at radius 1 is 1.25 bits per heavy atom. The second kappa shape index (κ2) is 7.60. The highest BCUT2D eigenvalue weighted by Crippen LogP contribution is 2.15. The summed E-state index contributed by atoms with van der Waals surface area (Å²) in [5, 5.41) is 3.47. The SMILES string of the molecule is Cc1cc(NCCN(C(C)C)C(C)C)ccc1C(N)=S. The van der Waals surface area contributed by atoms with Crippen molar-refractivity contribution in [1.29, 1.82) is 0 Å². The quantitative estimate of drug-likeness (QED) is 0.758. The Balaban J connectivity index is 2.58. The first-order chi connectivity index (χ1) is 9.32. The zero-order valence-electron chi connectivity index (χ0n) is 13.2. The highest BCUT2D eigenvalue weighted by atomic mass is 32.1. The molecular formula is C16H27N3S. The first kappa shape index (κ1) is 16.9. The van der Waals surface area contributed by atoms with Crippen LogP contribution in [0.1, 0.15) is 38.8 Å². The lowest BCUT2D eigenvalue weighted by Gasteiger charge is -2.30. The molecule has 0 amide bonds.